The van der Waals surface area contributed by atoms with Gasteiger partial charge in [0.1, 0.15) is 11.8 Å². The van der Waals surface area contributed by atoms with Crippen molar-refractivity contribution in [2.45, 2.75) is 39.7 Å². The number of hydrogen-bond acceptors (Lipinski definition) is 4. The normalized spacial score (nSPS) is 14.0. The van der Waals surface area contributed by atoms with Crippen molar-refractivity contribution >= 4 is 114 Å². The van der Waals surface area contributed by atoms with Crippen LogP contribution in [0.15, 0.2) is 24.3 Å². The molecule has 1 aliphatic rings. The Hall–Kier alpha value is -0.230. The van der Waals surface area contributed by atoms with Gasteiger partial charge in [0.25, 0.3) is 11.8 Å². The van der Waals surface area contributed by atoms with E-state index in [1.807, 2.05) is 20.8 Å². The molecular weight excluding hydrogens is 876 g/mol. The maximum atomic E-state index is 13.5. The molecule has 0 aliphatic carbocycles. The van der Waals surface area contributed by atoms with E-state index in [0.717, 1.165) is 31.4 Å². The first-order valence-electron chi connectivity index (χ1n) is 10.4. The number of halogens is 4. The van der Waals surface area contributed by atoms with E-state index in [9.17, 15) is 14.4 Å². The molecule has 0 spiro atoms. The lowest BCUT2D eigenvalue weighted by molar-refractivity contribution is -0.120. The van der Waals surface area contributed by atoms with Gasteiger partial charge in [0, 0.05) is 20.0 Å². The van der Waals surface area contributed by atoms with E-state index in [1.54, 1.807) is 24.3 Å². The molecule has 0 saturated carbocycles. The van der Waals surface area contributed by atoms with Gasteiger partial charge in [-0.15, -0.1) is 0 Å². The van der Waals surface area contributed by atoms with Gasteiger partial charge in [-0.1, -0.05) is 20.8 Å². The highest BCUT2D eigenvalue weighted by molar-refractivity contribution is 14.1. The Bertz CT molecular complexity index is 1060. The summed E-state index contributed by atoms with van der Waals surface area (Å²) in [6.07, 6.45) is 1.28. The van der Waals surface area contributed by atoms with Crippen LogP contribution in [-0.4, -0.2) is 35.3 Å². The van der Waals surface area contributed by atoms with Gasteiger partial charge in [-0.05, 0) is 133 Å². The van der Waals surface area contributed by atoms with Crippen molar-refractivity contribution < 1.29 is 19.1 Å². The number of amides is 3. The fraction of sp³-hybridized carbons (Fsp3) is 0.348. The molecule has 1 atom stereocenters. The summed E-state index contributed by atoms with van der Waals surface area (Å²) in [5.74, 6) is -0.364. The first kappa shape index (κ1) is 27.4. The van der Waals surface area contributed by atoms with E-state index < -0.39 is 17.9 Å². The van der Waals surface area contributed by atoms with E-state index in [1.165, 1.54) is 0 Å². The molecule has 1 aliphatic heterocycles. The van der Waals surface area contributed by atoms with Gasteiger partial charge in [-0.25, -0.2) is 0 Å². The molecule has 0 saturated heterocycles. The predicted molar refractivity (Wildman–Crippen MR) is 162 cm³/mol. The summed E-state index contributed by atoms with van der Waals surface area (Å²) in [5.41, 5.74) is 1.38. The van der Waals surface area contributed by atoms with Crippen molar-refractivity contribution in [2.24, 2.45) is 5.92 Å². The molecule has 1 N–H and O–H groups in total. The highest BCUT2D eigenvalue weighted by Gasteiger charge is 2.46. The Balaban J connectivity index is 1.92. The number of benzene rings is 2. The molecular formula is C23H22I4N2O4. The topological polar surface area (TPSA) is 75.7 Å². The fourth-order valence-electron chi connectivity index (χ4n) is 3.51. The minimum Gasteiger partial charge on any atom is -0.494 e. The maximum Gasteiger partial charge on any atom is 0.263 e. The van der Waals surface area contributed by atoms with Crippen LogP contribution in [-0.2, 0) is 4.79 Å². The zero-order chi connectivity index (χ0) is 24.4. The third-order valence-corrected chi connectivity index (χ3v) is 12.4. The van der Waals surface area contributed by atoms with Gasteiger partial charge in [0.05, 0.1) is 17.7 Å². The van der Waals surface area contributed by atoms with Gasteiger partial charge in [0.2, 0.25) is 5.91 Å². The lowest BCUT2D eigenvalue weighted by Gasteiger charge is -2.27. The molecule has 3 amide bonds. The monoisotopic (exact) mass is 898 g/mol. The molecule has 2 aromatic carbocycles. The Labute approximate surface area is 247 Å². The summed E-state index contributed by atoms with van der Waals surface area (Å²) in [6, 6.07) is 6.19. The van der Waals surface area contributed by atoms with Gasteiger partial charge >= 0.3 is 0 Å². The molecule has 0 aromatic heterocycles. The number of fused-ring (bicyclic) bond motifs is 1. The second-order valence-corrected chi connectivity index (χ2v) is 12.3. The standard InChI is InChI=1S/C23H22I4N2O4/c1-4-9-33-13-7-5-12(6-8-13)28-21(30)14(10-11(2)3)29-22(31)15-16(23(29)32)18(25)20(27)19(26)17(15)24/h5-8,11,14H,4,9-10H2,1-3H3,(H,28,30)/t14-/m0/s1. The van der Waals surface area contributed by atoms with Crippen molar-refractivity contribution in [1.29, 1.82) is 0 Å². The largest absolute Gasteiger partial charge is 0.494 e. The fourth-order valence-corrected chi connectivity index (χ4v) is 7.16. The summed E-state index contributed by atoms with van der Waals surface area (Å²) < 4.78 is 8.97. The Kier molecular flexibility index (Phi) is 9.67. The van der Waals surface area contributed by atoms with E-state index >= 15 is 0 Å². The quantitative estimate of drug-likeness (QED) is 0.142. The van der Waals surface area contributed by atoms with Gasteiger partial charge in [0.15, 0.2) is 0 Å². The van der Waals surface area contributed by atoms with Crippen molar-refractivity contribution in [2.75, 3.05) is 11.9 Å². The van der Waals surface area contributed by atoms with Crippen molar-refractivity contribution in [3.8, 4) is 5.75 Å². The third-order valence-electron chi connectivity index (χ3n) is 5.04. The maximum absolute atomic E-state index is 13.5. The average Bonchev–Trinajstić information content (AvgIpc) is 3.04. The van der Waals surface area contributed by atoms with E-state index in [-0.39, 0.29) is 11.8 Å². The van der Waals surface area contributed by atoms with Crippen LogP contribution < -0.4 is 10.1 Å². The summed E-state index contributed by atoms with van der Waals surface area (Å²) in [6.45, 7) is 6.60. The second-order valence-electron chi connectivity index (χ2n) is 7.99. The average molecular weight is 898 g/mol. The number of nitrogens with one attached hydrogen (secondary N) is 1. The van der Waals surface area contributed by atoms with E-state index in [0.29, 0.717) is 29.8 Å². The molecule has 1 heterocycles. The van der Waals surface area contributed by atoms with Crippen molar-refractivity contribution in [3.63, 3.8) is 0 Å². The van der Waals surface area contributed by atoms with Crippen molar-refractivity contribution in [3.05, 3.63) is 49.7 Å². The summed E-state index contributed by atoms with van der Waals surface area (Å²) in [7, 11) is 0. The summed E-state index contributed by atoms with van der Waals surface area (Å²) >= 11 is 8.63. The van der Waals surface area contributed by atoms with Gasteiger partial charge in [-0.3, -0.25) is 19.3 Å². The molecule has 3 rings (SSSR count). The number of ether oxygens (including phenoxy) is 1. The molecule has 0 fully saturated rings. The summed E-state index contributed by atoms with van der Waals surface area (Å²) in [4.78, 5) is 41.4. The molecule has 0 bridgehead atoms. The van der Waals surface area contributed by atoms with E-state index in [2.05, 4.69) is 95.7 Å². The van der Waals surface area contributed by atoms with Gasteiger partial charge in [-0.2, -0.15) is 0 Å². The number of hydrogen-bond donors (Lipinski definition) is 1. The molecule has 33 heavy (non-hydrogen) atoms. The van der Waals surface area contributed by atoms with Crippen LogP contribution in [0.5, 0.6) is 5.75 Å². The predicted octanol–water partition coefficient (Wildman–Crippen LogP) is 6.54. The second kappa shape index (κ2) is 11.7. The highest BCUT2D eigenvalue weighted by Crippen LogP contribution is 2.39. The van der Waals surface area contributed by atoms with Crippen LogP contribution in [0.25, 0.3) is 0 Å². The molecule has 6 nitrogen and oxygen atoms in total. The SMILES string of the molecule is CCCOc1ccc(NC(=O)[C@H](CC(C)C)N2C(=O)c3c(I)c(I)c(I)c(I)c3C2=O)cc1. The number of carbonyl (C=O) groups is 3. The van der Waals surface area contributed by atoms with Crippen LogP contribution in [0, 0.1) is 20.2 Å². The Morgan fingerprint density at radius 2 is 1.45 bits per heavy atom. The smallest absolute Gasteiger partial charge is 0.263 e. The van der Waals surface area contributed by atoms with Crippen LogP contribution in [0.3, 0.4) is 0 Å². The Morgan fingerprint density at radius 3 is 1.91 bits per heavy atom. The minimum atomic E-state index is -0.907. The first-order chi connectivity index (χ1) is 15.6. The zero-order valence-electron chi connectivity index (χ0n) is 18.2. The zero-order valence-corrected chi connectivity index (χ0v) is 26.8. The molecule has 176 valence electrons. The number of imide groups is 1. The molecule has 0 radical (unpaired) electrons. The van der Waals surface area contributed by atoms with Crippen molar-refractivity contribution in [1.82, 2.24) is 4.90 Å². The lowest BCUT2D eigenvalue weighted by atomic mass is 10.0. The number of rotatable bonds is 8. The van der Waals surface area contributed by atoms with Crippen LogP contribution >= 0.6 is 90.4 Å². The van der Waals surface area contributed by atoms with E-state index in [4.69, 9.17) is 4.74 Å². The first-order valence-corrected chi connectivity index (χ1v) is 14.7. The third kappa shape index (κ3) is 5.78. The molecule has 0 unspecified atom stereocenters. The lowest BCUT2D eigenvalue weighted by Crippen LogP contribution is -2.48. The number of carbonyl (C=O) groups excluding carboxylic acids is 3. The highest BCUT2D eigenvalue weighted by atomic mass is 127. The van der Waals surface area contributed by atoms with Gasteiger partial charge < -0.3 is 10.1 Å². The summed E-state index contributed by atoms with van der Waals surface area (Å²) in [5, 5.41) is 2.88. The van der Waals surface area contributed by atoms with Crippen LogP contribution in [0.4, 0.5) is 5.69 Å². The van der Waals surface area contributed by atoms with Crippen LogP contribution in [0.1, 0.15) is 54.3 Å². The number of nitrogens with zero attached hydrogens (tertiary/aromatic N) is 1. The minimum absolute atomic E-state index is 0.105. The Morgan fingerprint density at radius 1 is 0.939 bits per heavy atom. The van der Waals surface area contributed by atoms with Crippen LogP contribution in [0.2, 0.25) is 0 Å². The molecule has 10 heteroatoms. The number of anilines is 1. The molecule has 2 aromatic rings.